The van der Waals surface area contributed by atoms with E-state index in [9.17, 15) is 5.26 Å². The number of H-pyrrole nitrogens is 1. The number of ether oxygens (including phenoxy) is 2. The van der Waals surface area contributed by atoms with Gasteiger partial charge in [0.1, 0.15) is 24.7 Å². The Morgan fingerprint density at radius 1 is 1.24 bits per heavy atom. The number of nitrogens with one attached hydrogen (secondary N) is 1. The van der Waals surface area contributed by atoms with Gasteiger partial charge in [-0.15, -0.1) is 0 Å². The van der Waals surface area contributed by atoms with Gasteiger partial charge in [0, 0.05) is 18.6 Å². The molecule has 3 rings (SSSR count). The molecular formula is C18H23N4O2S+. The highest BCUT2D eigenvalue weighted by Gasteiger charge is 2.36. The molecule has 3 heterocycles. The molecule has 6 nitrogen and oxygen atoms in total. The van der Waals surface area contributed by atoms with E-state index in [1.165, 1.54) is 0 Å². The fourth-order valence-electron chi connectivity index (χ4n) is 3.25. The van der Waals surface area contributed by atoms with Crippen LogP contribution in [0.25, 0.3) is 0 Å². The van der Waals surface area contributed by atoms with E-state index in [0.29, 0.717) is 44.0 Å². The summed E-state index contributed by atoms with van der Waals surface area (Å²) in [7, 11) is 0. The molecule has 1 fully saturated rings. The number of hydrogen-bond acceptors (Lipinski definition) is 6. The molecule has 0 atom stereocenters. The summed E-state index contributed by atoms with van der Waals surface area (Å²) in [6.45, 7) is 7.66. The first-order valence-corrected chi connectivity index (χ1v) is 9.52. The molecular weight excluding hydrogens is 336 g/mol. The van der Waals surface area contributed by atoms with Crippen LogP contribution in [0, 0.1) is 22.7 Å². The number of nitrogens with zero attached hydrogens (tertiary/aromatic N) is 3. The number of anilines is 1. The van der Waals surface area contributed by atoms with Crippen LogP contribution in [0.4, 0.5) is 5.82 Å². The van der Waals surface area contributed by atoms with E-state index in [1.807, 2.05) is 0 Å². The van der Waals surface area contributed by atoms with Gasteiger partial charge in [0.15, 0.2) is 5.03 Å². The van der Waals surface area contributed by atoms with Crippen molar-refractivity contribution in [3.8, 4) is 12.1 Å². The standard InChI is InChI=1S/C18H22N4O2S/c1-18(2)10-13-14(11-20)17(25-9-3-4-19)21-16(15(13)12-24-18)22-5-7-23-8-6-22/h3,5-10,12H2,1-2H3/p+1. The SMILES string of the molecule is CC1(C)Cc2c(C#N)c(SCCC#N)[nH+]c(N3CCOCC3)c2CO1. The monoisotopic (exact) mass is 359 g/mol. The van der Waals surface area contributed by atoms with Crippen molar-refractivity contribution in [3.05, 3.63) is 16.7 Å². The normalized spacial score (nSPS) is 19.0. The second kappa shape index (κ2) is 7.61. The zero-order chi connectivity index (χ0) is 17.9. The molecule has 0 aromatic carbocycles. The molecule has 1 saturated heterocycles. The number of thioether (sulfide) groups is 1. The molecule has 0 radical (unpaired) electrons. The van der Waals surface area contributed by atoms with Crippen molar-refractivity contribution < 1.29 is 14.5 Å². The summed E-state index contributed by atoms with van der Waals surface area (Å²) in [5.41, 5.74) is 2.59. The highest BCUT2D eigenvalue weighted by molar-refractivity contribution is 7.99. The summed E-state index contributed by atoms with van der Waals surface area (Å²) in [5, 5.41) is 19.4. The molecule has 0 unspecified atom stereocenters. The summed E-state index contributed by atoms with van der Waals surface area (Å²) < 4.78 is 11.5. The molecule has 0 spiro atoms. The summed E-state index contributed by atoms with van der Waals surface area (Å²) in [5.74, 6) is 1.70. The van der Waals surface area contributed by atoms with Gasteiger partial charge in [-0.3, -0.25) is 4.90 Å². The van der Waals surface area contributed by atoms with Gasteiger partial charge >= 0.3 is 0 Å². The van der Waals surface area contributed by atoms with Crippen molar-refractivity contribution in [3.63, 3.8) is 0 Å². The second-order valence-electron chi connectivity index (χ2n) is 6.83. The first-order chi connectivity index (χ1) is 12.1. The van der Waals surface area contributed by atoms with E-state index >= 15 is 0 Å². The third-order valence-corrected chi connectivity index (χ3v) is 5.52. The molecule has 1 aromatic rings. The lowest BCUT2D eigenvalue weighted by atomic mass is 9.89. The van der Waals surface area contributed by atoms with Gasteiger partial charge in [0.2, 0.25) is 0 Å². The Morgan fingerprint density at radius 3 is 2.68 bits per heavy atom. The van der Waals surface area contributed by atoms with E-state index in [0.717, 1.165) is 35.1 Å². The Labute approximate surface area is 152 Å². The van der Waals surface area contributed by atoms with Gasteiger partial charge in [0.25, 0.3) is 5.82 Å². The predicted octanol–water partition coefficient (Wildman–Crippen LogP) is 2.07. The number of fused-ring (bicyclic) bond motifs is 1. The smallest absolute Gasteiger partial charge is 0.281 e. The molecule has 2 aliphatic rings. The molecule has 132 valence electrons. The topological polar surface area (TPSA) is 83.4 Å². The first kappa shape index (κ1) is 18.0. The lowest BCUT2D eigenvalue weighted by Crippen LogP contribution is -2.43. The van der Waals surface area contributed by atoms with E-state index in [-0.39, 0.29) is 5.60 Å². The maximum Gasteiger partial charge on any atom is 0.281 e. The number of rotatable bonds is 4. The lowest BCUT2D eigenvalue weighted by Gasteiger charge is -2.34. The molecule has 7 heteroatoms. The maximum atomic E-state index is 9.78. The van der Waals surface area contributed by atoms with Crippen molar-refractivity contribution in [2.75, 3.05) is 37.0 Å². The van der Waals surface area contributed by atoms with Crippen molar-refractivity contribution in [2.45, 2.75) is 43.9 Å². The maximum absolute atomic E-state index is 9.78. The fraction of sp³-hybridized carbons (Fsp3) is 0.611. The highest BCUT2D eigenvalue weighted by atomic mass is 32.2. The molecule has 0 amide bonds. The van der Waals surface area contributed by atoms with Crippen LogP contribution in [0.3, 0.4) is 0 Å². The van der Waals surface area contributed by atoms with E-state index in [2.05, 4.69) is 35.9 Å². The summed E-state index contributed by atoms with van der Waals surface area (Å²) >= 11 is 1.55. The number of aromatic nitrogens is 1. The minimum atomic E-state index is -0.281. The molecule has 0 saturated carbocycles. The highest BCUT2D eigenvalue weighted by Crippen LogP contribution is 2.36. The average molecular weight is 359 g/mol. The van der Waals surface area contributed by atoms with Gasteiger partial charge < -0.3 is 9.47 Å². The molecule has 1 N–H and O–H groups in total. The first-order valence-electron chi connectivity index (χ1n) is 8.53. The lowest BCUT2D eigenvalue weighted by molar-refractivity contribution is -0.415. The van der Waals surface area contributed by atoms with Crippen LogP contribution in [0.1, 0.15) is 37.0 Å². The summed E-state index contributed by atoms with van der Waals surface area (Å²) in [4.78, 5) is 5.75. The van der Waals surface area contributed by atoms with Gasteiger partial charge in [-0.25, -0.2) is 4.98 Å². The zero-order valence-corrected chi connectivity index (χ0v) is 15.5. The Hall–Kier alpha value is -1.80. The van der Waals surface area contributed by atoms with Crippen molar-refractivity contribution in [1.82, 2.24) is 0 Å². The van der Waals surface area contributed by atoms with Crippen molar-refractivity contribution >= 4 is 17.6 Å². The minimum absolute atomic E-state index is 0.281. The van der Waals surface area contributed by atoms with Crippen LogP contribution >= 0.6 is 11.8 Å². The van der Waals surface area contributed by atoms with Crippen molar-refractivity contribution in [2.24, 2.45) is 0 Å². The van der Waals surface area contributed by atoms with Crippen LogP contribution in [0.2, 0.25) is 0 Å². The fourth-order valence-corrected chi connectivity index (χ4v) is 4.13. The zero-order valence-electron chi connectivity index (χ0n) is 14.7. The third-order valence-electron chi connectivity index (χ3n) is 4.52. The molecule has 1 aromatic heterocycles. The second-order valence-corrected chi connectivity index (χ2v) is 7.93. The molecule has 2 aliphatic heterocycles. The number of morpholine rings is 1. The Bertz CT molecular complexity index is 730. The van der Waals surface area contributed by atoms with Crippen LogP contribution < -0.4 is 9.88 Å². The van der Waals surface area contributed by atoms with Crippen LogP contribution in [-0.2, 0) is 22.5 Å². The van der Waals surface area contributed by atoms with E-state index in [1.54, 1.807) is 11.8 Å². The number of nitriles is 2. The number of hydrogen-bond donors (Lipinski definition) is 0. The van der Waals surface area contributed by atoms with Crippen molar-refractivity contribution in [1.29, 1.82) is 10.5 Å². The Kier molecular flexibility index (Phi) is 5.48. The third kappa shape index (κ3) is 3.90. The largest absolute Gasteiger partial charge is 0.373 e. The summed E-state index contributed by atoms with van der Waals surface area (Å²) in [6, 6.07) is 4.55. The van der Waals surface area contributed by atoms with Gasteiger partial charge in [-0.1, -0.05) is 11.8 Å². The average Bonchev–Trinajstić information content (AvgIpc) is 2.61. The molecule has 0 bridgehead atoms. The molecule has 25 heavy (non-hydrogen) atoms. The van der Waals surface area contributed by atoms with Gasteiger partial charge in [-0.2, -0.15) is 10.5 Å². The number of pyridine rings is 1. The number of aromatic amines is 1. The van der Waals surface area contributed by atoms with E-state index < -0.39 is 0 Å². The van der Waals surface area contributed by atoms with E-state index in [4.69, 9.17) is 14.7 Å². The Balaban J connectivity index is 2.06. The minimum Gasteiger partial charge on any atom is -0.373 e. The van der Waals surface area contributed by atoms with Gasteiger partial charge in [-0.05, 0) is 19.4 Å². The van der Waals surface area contributed by atoms with Crippen LogP contribution in [0.15, 0.2) is 5.03 Å². The quantitative estimate of drug-likeness (QED) is 0.604. The van der Waals surface area contributed by atoms with Gasteiger partial charge in [0.05, 0.1) is 37.1 Å². The summed E-state index contributed by atoms with van der Waals surface area (Å²) in [6.07, 6.45) is 1.17. The van der Waals surface area contributed by atoms with Crippen LogP contribution in [0.5, 0.6) is 0 Å². The molecule has 0 aliphatic carbocycles. The van der Waals surface area contributed by atoms with Crippen LogP contribution in [-0.4, -0.2) is 37.7 Å². The Morgan fingerprint density at radius 2 is 2.00 bits per heavy atom. The predicted molar refractivity (Wildman–Crippen MR) is 94.3 cm³/mol.